The molecule has 0 N–H and O–H groups in total. The summed E-state index contributed by atoms with van der Waals surface area (Å²) in [6.07, 6.45) is 0. The Morgan fingerprint density at radius 2 is 0.708 bits per heavy atom. The highest BCUT2D eigenvalue weighted by molar-refractivity contribution is 7.87. The van der Waals surface area contributed by atoms with Gasteiger partial charge in [0.15, 0.2) is 0 Å². The summed E-state index contributed by atoms with van der Waals surface area (Å²) < 4.78 is 119. The lowest BCUT2D eigenvalue weighted by Gasteiger charge is -2.19. The van der Waals surface area contributed by atoms with Crippen molar-refractivity contribution in [2.45, 2.75) is 63.8 Å². The summed E-state index contributed by atoms with van der Waals surface area (Å²) in [6.45, 7) is 7.31. The Bertz CT molecular complexity index is 548. The molecule has 0 saturated carbocycles. The summed E-state index contributed by atoms with van der Waals surface area (Å²) in [4.78, 5) is 0. The third kappa shape index (κ3) is 10.3. The van der Waals surface area contributed by atoms with Gasteiger partial charge in [0.2, 0.25) is 0 Å². The molecule has 0 rings (SSSR count). The zero-order chi connectivity index (χ0) is 20.4. The second-order valence-electron chi connectivity index (χ2n) is 6.19. The smallest absolute Gasteiger partial charge is 0.257 e. The van der Waals surface area contributed by atoms with Crippen molar-refractivity contribution in [3.63, 3.8) is 0 Å². The number of halogens is 6. The molecule has 0 aliphatic rings. The lowest BCUT2D eigenvalue weighted by atomic mass is 10.2. The molecule has 24 heavy (non-hydrogen) atoms. The molecule has 0 spiro atoms. The molecule has 6 nitrogen and oxygen atoms in total. The summed E-state index contributed by atoms with van der Waals surface area (Å²) in [5.41, 5.74) is -13.4. The first-order chi connectivity index (χ1) is 9.91. The van der Waals surface area contributed by atoms with Gasteiger partial charge < -0.3 is 0 Å². The van der Waals surface area contributed by atoms with Crippen molar-refractivity contribution in [3.8, 4) is 0 Å². The molecule has 0 radical (unpaired) electrons. The first kappa shape index (κ1) is 25.6. The van der Waals surface area contributed by atoms with Crippen LogP contribution in [0.3, 0.4) is 0 Å². The van der Waals surface area contributed by atoms with Gasteiger partial charge in [-0.1, -0.05) is 0 Å². The number of hydrogen-bond acceptors (Lipinski definition) is 6. The Labute approximate surface area is 136 Å². The van der Waals surface area contributed by atoms with Crippen molar-refractivity contribution >= 4 is 20.2 Å². The van der Waals surface area contributed by atoms with E-state index in [2.05, 4.69) is 8.37 Å². The Morgan fingerprint density at radius 1 is 0.542 bits per heavy atom. The number of hydrogen-bond donors (Lipinski definition) is 0. The molecule has 0 aromatic carbocycles. The van der Waals surface area contributed by atoms with E-state index in [0.29, 0.717) is 0 Å². The van der Waals surface area contributed by atoms with Gasteiger partial charge in [0.25, 0.3) is 0 Å². The fourth-order valence-electron chi connectivity index (χ4n) is 0.753. The van der Waals surface area contributed by atoms with E-state index in [-0.39, 0.29) is 0 Å². The third-order valence-electron chi connectivity index (χ3n) is 1.29. The molecule has 0 amide bonds. The first-order valence-corrected chi connectivity index (χ1v) is 8.77. The van der Waals surface area contributed by atoms with Crippen molar-refractivity contribution in [2.24, 2.45) is 0 Å². The SMILES string of the molecule is CC(C)(C)OS(=O)(=O)C(F)(F)F.CC(C)(C)OS(=O)(=O)C(F)(F)F. The zero-order valence-electron chi connectivity index (χ0n) is 13.5. The van der Waals surface area contributed by atoms with E-state index >= 15 is 0 Å². The van der Waals surface area contributed by atoms with E-state index in [9.17, 15) is 43.2 Å². The van der Waals surface area contributed by atoms with Crippen molar-refractivity contribution in [1.29, 1.82) is 0 Å². The molecule has 0 aromatic rings. The fraction of sp³-hybridized carbons (Fsp3) is 1.00. The summed E-state index contributed by atoms with van der Waals surface area (Å²) >= 11 is 0. The molecule has 0 heterocycles. The maximum Gasteiger partial charge on any atom is 0.523 e. The highest BCUT2D eigenvalue weighted by Gasteiger charge is 2.50. The van der Waals surface area contributed by atoms with Crippen LogP contribution in [0.15, 0.2) is 0 Å². The molecule has 0 aromatic heterocycles. The maximum atomic E-state index is 11.7. The van der Waals surface area contributed by atoms with Gasteiger partial charge in [-0.3, -0.25) is 8.37 Å². The van der Waals surface area contributed by atoms with Crippen LogP contribution in [0.25, 0.3) is 0 Å². The molecule has 148 valence electrons. The molecular formula is C10H18F6O6S2. The largest absolute Gasteiger partial charge is 0.523 e. The Kier molecular flexibility index (Phi) is 7.83. The van der Waals surface area contributed by atoms with Crippen LogP contribution >= 0.6 is 0 Å². The quantitative estimate of drug-likeness (QED) is 0.393. The minimum atomic E-state index is -5.46. The lowest BCUT2D eigenvalue weighted by Crippen LogP contribution is -2.33. The van der Waals surface area contributed by atoms with E-state index in [1.165, 1.54) is 41.5 Å². The van der Waals surface area contributed by atoms with E-state index in [1.54, 1.807) is 0 Å². The second kappa shape index (κ2) is 7.33. The third-order valence-corrected chi connectivity index (χ3v) is 3.86. The van der Waals surface area contributed by atoms with Crippen LogP contribution in [-0.2, 0) is 28.6 Å². The summed E-state index contributed by atoms with van der Waals surface area (Å²) in [5.74, 6) is 0. The normalized spacial score (nSPS) is 14.8. The van der Waals surface area contributed by atoms with Gasteiger partial charge >= 0.3 is 31.3 Å². The van der Waals surface area contributed by atoms with Crippen molar-refractivity contribution in [1.82, 2.24) is 0 Å². The molecule has 0 saturated heterocycles. The topological polar surface area (TPSA) is 86.7 Å². The van der Waals surface area contributed by atoms with Crippen LogP contribution in [0.2, 0.25) is 0 Å². The molecule has 0 fully saturated rings. The average molecular weight is 412 g/mol. The summed E-state index contributed by atoms with van der Waals surface area (Å²) in [5, 5.41) is 0. The fourth-order valence-corrected chi connectivity index (χ4v) is 2.26. The van der Waals surface area contributed by atoms with Gasteiger partial charge in [-0.25, -0.2) is 0 Å². The van der Waals surface area contributed by atoms with Crippen molar-refractivity contribution < 1.29 is 51.5 Å². The van der Waals surface area contributed by atoms with Crippen molar-refractivity contribution in [3.05, 3.63) is 0 Å². The standard InChI is InChI=1S/2C5H9F3O3S/c2*1-4(2,3)11-12(9,10)5(6,7)8/h2*1-3H3. The molecule has 0 aliphatic heterocycles. The molecular weight excluding hydrogens is 394 g/mol. The summed E-state index contributed by atoms with van der Waals surface area (Å²) in [7, 11) is -10.9. The van der Waals surface area contributed by atoms with Crippen LogP contribution in [0, 0.1) is 0 Å². The van der Waals surface area contributed by atoms with E-state index < -0.39 is 42.5 Å². The Hall–Kier alpha value is -0.600. The maximum absolute atomic E-state index is 11.7. The monoisotopic (exact) mass is 412 g/mol. The molecule has 0 atom stereocenters. The number of rotatable bonds is 2. The van der Waals surface area contributed by atoms with E-state index in [4.69, 9.17) is 0 Å². The molecule has 14 heteroatoms. The highest BCUT2D eigenvalue weighted by Crippen LogP contribution is 2.29. The molecule has 0 unspecified atom stereocenters. The van der Waals surface area contributed by atoms with Gasteiger partial charge in [-0.2, -0.15) is 43.2 Å². The van der Waals surface area contributed by atoms with Crippen molar-refractivity contribution in [2.75, 3.05) is 0 Å². The molecule has 0 bridgehead atoms. The average Bonchev–Trinajstić information content (AvgIpc) is 2.05. The zero-order valence-corrected chi connectivity index (χ0v) is 15.2. The van der Waals surface area contributed by atoms with Crippen LogP contribution in [0.4, 0.5) is 26.3 Å². The minimum Gasteiger partial charge on any atom is -0.257 e. The van der Waals surface area contributed by atoms with Gasteiger partial charge in [0, 0.05) is 0 Å². The lowest BCUT2D eigenvalue weighted by molar-refractivity contribution is -0.0615. The summed E-state index contributed by atoms with van der Waals surface area (Å²) in [6, 6.07) is 0. The van der Waals surface area contributed by atoms with Gasteiger partial charge in [-0.05, 0) is 41.5 Å². The predicted octanol–water partition coefficient (Wildman–Crippen LogP) is 3.30. The first-order valence-electron chi connectivity index (χ1n) is 5.95. The van der Waals surface area contributed by atoms with Gasteiger partial charge in [-0.15, -0.1) is 0 Å². The Balaban J connectivity index is 0. The van der Waals surface area contributed by atoms with Crippen LogP contribution in [0.5, 0.6) is 0 Å². The second-order valence-corrected chi connectivity index (χ2v) is 9.27. The predicted molar refractivity (Wildman–Crippen MR) is 71.6 cm³/mol. The minimum absolute atomic E-state index is 1.22. The van der Waals surface area contributed by atoms with Gasteiger partial charge in [0.1, 0.15) is 0 Å². The van der Waals surface area contributed by atoms with E-state index in [0.717, 1.165) is 0 Å². The highest BCUT2D eigenvalue weighted by atomic mass is 32.2. The molecule has 0 aliphatic carbocycles. The van der Waals surface area contributed by atoms with Crippen LogP contribution in [-0.4, -0.2) is 39.1 Å². The van der Waals surface area contributed by atoms with Crippen LogP contribution in [0.1, 0.15) is 41.5 Å². The van der Waals surface area contributed by atoms with Crippen LogP contribution < -0.4 is 0 Å². The van der Waals surface area contributed by atoms with Gasteiger partial charge in [0.05, 0.1) is 11.2 Å². The van der Waals surface area contributed by atoms with E-state index in [1.807, 2.05) is 0 Å². The number of alkyl halides is 6. The Morgan fingerprint density at radius 3 is 0.750 bits per heavy atom.